The van der Waals surface area contributed by atoms with Crippen molar-refractivity contribution in [3.05, 3.63) is 48.0 Å². The van der Waals surface area contributed by atoms with Gasteiger partial charge in [0.25, 0.3) is 0 Å². The number of pyridine rings is 1. The van der Waals surface area contributed by atoms with Crippen LogP contribution in [-0.4, -0.2) is 23.2 Å². The summed E-state index contributed by atoms with van der Waals surface area (Å²) in [6, 6.07) is 12.7. The monoisotopic (exact) mass is 253 g/mol. The summed E-state index contributed by atoms with van der Waals surface area (Å²) in [6.45, 7) is 0. The highest BCUT2D eigenvalue weighted by Gasteiger charge is 2.10. The number of ether oxygens (including phenoxy) is 1. The van der Waals surface area contributed by atoms with E-state index in [1.807, 2.05) is 24.3 Å². The number of benzene rings is 2. The van der Waals surface area contributed by atoms with E-state index < -0.39 is 5.97 Å². The van der Waals surface area contributed by atoms with Gasteiger partial charge in [0, 0.05) is 10.8 Å². The second-order valence-electron chi connectivity index (χ2n) is 4.20. The molecule has 19 heavy (non-hydrogen) atoms. The number of aromatic carboxylic acids is 1. The average Bonchev–Trinajstić information content (AvgIpc) is 2.45. The number of carboxylic acid groups (broad SMARTS) is 1. The zero-order chi connectivity index (χ0) is 13.4. The Balaban J connectivity index is 2.44. The zero-order valence-electron chi connectivity index (χ0n) is 10.3. The van der Waals surface area contributed by atoms with Crippen LogP contribution >= 0.6 is 0 Å². The van der Waals surface area contributed by atoms with Crippen molar-refractivity contribution in [1.29, 1.82) is 0 Å². The first-order valence-corrected chi connectivity index (χ1v) is 5.80. The van der Waals surface area contributed by atoms with Crippen LogP contribution in [0, 0.1) is 0 Å². The van der Waals surface area contributed by atoms with Crippen LogP contribution in [-0.2, 0) is 0 Å². The molecule has 1 N–H and O–H groups in total. The largest absolute Gasteiger partial charge is 0.481 e. The standard InChI is InChI=1S/C15H11NO3/c1-19-14-12-5-3-2-4-10(12)11-7-6-9(15(17)18)8-13(11)16-14/h2-8H,1H3,(H,17,18). The normalized spacial score (nSPS) is 10.8. The van der Waals surface area contributed by atoms with Crippen LogP contribution in [0.1, 0.15) is 10.4 Å². The maximum Gasteiger partial charge on any atom is 0.335 e. The Morgan fingerprint density at radius 2 is 1.84 bits per heavy atom. The molecule has 0 amide bonds. The third-order valence-electron chi connectivity index (χ3n) is 3.11. The van der Waals surface area contributed by atoms with Gasteiger partial charge in [-0.15, -0.1) is 0 Å². The van der Waals surface area contributed by atoms with Crippen molar-refractivity contribution in [2.24, 2.45) is 0 Å². The fraction of sp³-hybridized carbons (Fsp3) is 0.0667. The molecule has 4 heteroatoms. The average molecular weight is 253 g/mol. The molecule has 0 aliphatic carbocycles. The van der Waals surface area contributed by atoms with E-state index in [4.69, 9.17) is 9.84 Å². The highest BCUT2D eigenvalue weighted by Crippen LogP contribution is 2.30. The van der Waals surface area contributed by atoms with Crippen molar-refractivity contribution in [3.8, 4) is 5.88 Å². The molecule has 1 heterocycles. The summed E-state index contributed by atoms with van der Waals surface area (Å²) in [5.41, 5.74) is 0.841. The minimum Gasteiger partial charge on any atom is -0.481 e. The lowest BCUT2D eigenvalue weighted by molar-refractivity contribution is 0.0697. The molecule has 0 saturated carbocycles. The van der Waals surface area contributed by atoms with E-state index in [1.54, 1.807) is 25.3 Å². The molecule has 0 bridgehead atoms. The van der Waals surface area contributed by atoms with E-state index in [1.165, 1.54) is 0 Å². The molecule has 0 radical (unpaired) electrons. The predicted octanol–water partition coefficient (Wildman–Crippen LogP) is 3.09. The van der Waals surface area contributed by atoms with Crippen molar-refractivity contribution in [2.75, 3.05) is 7.11 Å². The summed E-state index contributed by atoms with van der Waals surface area (Å²) in [7, 11) is 1.56. The van der Waals surface area contributed by atoms with Gasteiger partial charge in [0.05, 0.1) is 18.2 Å². The van der Waals surface area contributed by atoms with Gasteiger partial charge in [-0.05, 0) is 23.6 Å². The Hall–Kier alpha value is -2.62. The minimum atomic E-state index is -0.962. The zero-order valence-corrected chi connectivity index (χ0v) is 10.3. The number of carbonyl (C=O) groups is 1. The van der Waals surface area contributed by atoms with E-state index in [0.717, 1.165) is 16.2 Å². The highest BCUT2D eigenvalue weighted by atomic mass is 16.5. The Kier molecular flexibility index (Phi) is 2.56. The molecule has 0 unspecified atom stereocenters. The summed E-state index contributed by atoms with van der Waals surface area (Å²) in [5, 5.41) is 11.9. The van der Waals surface area contributed by atoms with E-state index in [-0.39, 0.29) is 5.56 Å². The molecular weight excluding hydrogens is 242 g/mol. The molecule has 4 nitrogen and oxygen atoms in total. The number of aromatic nitrogens is 1. The number of methoxy groups -OCH3 is 1. The van der Waals surface area contributed by atoms with Crippen LogP contribution in [0.2, 0.25) is 0 Å². The third-order valence-corrected chi connectivity index (χ3v) is 3.11. The van der Waals surface area contributed by atoms with Crippen LogP contribution in [0.4, 0.5) is 0 Å². The second-order valence-corrected chi connectivity index (χ2v) is 4.20. The highest BCUT2D eigenvalue weighted by molar-refractivity contribution is 6.09. The topological polar surface area (TPSA) is 59.4 Å². The van der Waals surface area contributed by atoms with Crippen molar-refractivity contribution >= 4 is 27.6 Å². The Morgan fingerprint density at radius 3 is 2.53 bits per heavy atom. The molecule has 0 spiro atoms. The van der Waals surface area contributed by atoms with E-state index >= 15 is 0 Å². The summed E-state index contributed by atoms with van der Waals surface area (Å²) in [6.07, 6.45) is 0. The van der Waals surface area contributed by atoms with Crippen LogP contribution < -0.4 is 4.74 Å². The van der Waals surface area contributed by atoms with Crippen LogP contribution in [0.3, 0.4) is 0 Å². The molecule has 2 aromatic carbocycles. The number of nitrogens with zero attached hydrogens (tertiary/aromatic N) is 1. The van der Waals surface area contributed by atoms with Crippen molar-refractivity contribution < 1.29 is 14.6 Å². The molecule has 0 aliphatic heterocycles. The van der Waals surface area contributed by atoms with Gasteiger partial charge in [-0.2, -0.15) is 0 Å². The van der Waals surface area contributed by atoms with E-state index in [9.17, 15) is 4.79 Å². The first-order valence-electron chi connectivity index (χ1n) is 5.80. The van der Waals surface area contributed by atoms with E-state index in [0.29, 0.717) is 11.4 Å². The number of hydrogen-bond donors (Lipinski definition) is 1. The van der Waals surface area contributed by atoms with Crippen molar-refractivity contribution in [1.82, 2.24) is 4.98 Å². The fourth-order valence-corrected chi connectivity index (χ4v) is 2.21. The van der Waals surface area contributed by atoms with Crippen LogP contribution in [0.5, 0.6) is 5.88 Å². The number of fused-ring (bicyclic) bond motifs is 3. The Labute approximate surface area is 109 Å². The molecule has 1 aromatic heterocycles. The van der Waals surface area contributed by atoms with Gasteiger partial charge in [0.15, 0.2) is 0 Å². The quantitative estimate of drug-likeness (QED) is 0.713. The maximum atomic E-state index is 11.0. The van der Waals surface area contributed by atoms with Crippen LogP contribution in [0.15, 0.2) is 42.5 Å². The molecule has 3 aromatic rings. The van der Waals surface area contributed by atoms with Gasteiger partial charge in [-0.1, -0.05) is 24.3 Å². The summed E-state index contributed by atoms with van der Waals surface area (Å²) in [5.74, 6) is -0.457. The molecule has 94 valence electrons. The maximum absolute atomic E-state index is 11.0. The van der Waals surface area contributed by atoms with Gasteiger partial charge in [-0.25, -0.2) is 9.78 Å². The molecular formula is C15H11NO3. The fourth-order valence-electron chi connectivity index (χ4n) is 2.21. The first-order chi connectivity index (χ1) is 9.20. The summed E-state index contributed by atoms with van der Waals surface area (Å²) < 4.78 is 5.28. The predicted molar refractivity (Wildman–Crippen MR) is 72.8 cm³/mol. The first kappa shape index (κ1) is 11.5. The lowest BCUT2D eigenvalue weighted by Gasteiger charge is -2.08. The minimum absolute atomic E-state index is 0.220. The number of carboxylic acids is 1. The molecule has 0 saturated heterocycles. The SMILES string of the molecule is COc1nc2cc(C(=O)O)ccc2c2ccccc12. The van der Waals surface area contributed by atoms with Gasteiger partial charge < -0.3 is 9.84 Å². The lowest BCUT2D eigenvalue weighted by atomic mass is 10.0. The van der Waals surface area contributed by atoms with E-state index in [2.05, 4.69) is 4.98 Å². The number of hydrogen-bond acceptors (Lipinski definition) is 3. The van der Waals surface area contributed by atoms with Gasteiger partial charge >= 0.3 is 5.97 Å². The molecule has 0 fully saturated rings. The van der Waals surface area contributed by atoms with Crippen LogP contribution in [0.25, 0.3) is 21.7 Å². The molecule has 3 rings (SSSR count). The van der Waals surface area contributed by atoms with Gasteiger partial charge in [0.2, 0.25) is 5.88 Å². The van der Waals surface area contributed by atoms with Gasteiger partial charge in [0.1, 0.15) is 0 Å². The smallest absolute Gasteiger partial charge is 0.335 e. The number of rotatable bonds is 2. The van der Waals surface area contributed by atoms with Crippen molar-refractivity contribution in [2.45, 2.75) is 0 Å². The third kappa shape index (κ3) is 1.78. The molecule has 0 aliphatic rings. The Bertz CT molecular complexity index is 796. The summed E-state index contributed by atoms with van der Waals surface area (Å²) >= 11 is 0. The second kappa shape index (κ2) is 4.24. The van der Waals surface area contributed by atoms with Crippen molar-refractivity contribution in [3.63, 3.8) is 0 Å². The lowest BCUT2D eigenvalue weighted by Crippen LogP contribution is -1.97. The van der Waals surface area contributed by atoms with Gasteiger partial charge in [-0.3, -0.25) is 0 Å². The Morgan fingerprint density at radius 1 is 1.11 bits per heavy atom. The molecule has 0 atom stereocenters. The summed E-state index contributed by atoms with van der Waals surface area (Å²) in [4.78, 5) is 15.4.